The van der Waals surface area contributed by atoms with Crippen molar-refractivity contribution in [1.82, 2.24) is 10.6 Å². The van der Waals surface area contributed by atoms with Crippen molar-refractivity contribution in [3.05, 3.63) is 11.8 Å². The molecule has 1 unspecified atom stereocenters. The van der Waals surface area contributed by atoms with E-state index in [1.54, 1.807) is 7.05 Å². The molecule has 0 rings (SSSR count). The minimum absolute atomic E-state index is 0.338. The number of carbonyl (C=O) groups excluding carboxylic acids is 1. The topological polar surface area (TPSA) is 62.7 Å². The van der Waals surface area contributed by atoms with E-state index in [0.717, 1.165) is 24.8 Å². The van der Waals surface area contributed by atoms with Gasteiger partial charge >= 0.3 is 6.09 Å². The molecule has 0 bridgehead atoms. The summed E-state index contributed by atoms with van der Waals surface area (Å²) in [7, 11) is 1.76. The lowest BCUT2D eigenvalue weighted by Gasteiger charge is -2.21. The largest absolute Gasteiger partial charge is 0.444 e. The first-order chi connectivity index (χ1) is 9.78. The van der Waals surface area contributed by atoms with Crippen LogP contribution in [0.1, 0.15) is 53.9 Å². The molecule has 0 aliphatic carbocycles. The third kappa shape index (κ3) is 12.0. The first kappa shape index (κ1) is 19.5. The van der Waals surface area contributed by atoms with Crippen molar-refractivity contribution in [2.45, 2.75) is 65.5 Å². The molecular formula is C16H31N3O2. The number of hydrogen-bond donors (Lipinski definition) is 2. The van der Waals surface area contributed by atoms with Crippen LogP contribution in [-0.4, -0.2) is 37.5 Å². The van der Waals surface area contributed by atoms with Crippen molar-refractivity contribution in [3.63, 3.8) is 0 Å². The van der Waals surface area contributed by atoms with E-state index in [2.05, 4.69) is 22.5 Å². The number of nitrogens with one attached hydrogen (secondary N) is 2. The van der Waals surface area contributed by atoms with Crippen LogP contribution in [0.25, 0.3) is 0 Å². The lowest BCUT2D eigenvalue weighted by atomic mass is 10.1. The molecule has 5 nitrogen and oxygen atoms in total. The molecule has 122 valence electrons. The number of nitrogens with zero attached hydrogens (tertiary/aromatic N) is 1. The van der Waals surface area contributed by atoms with E-state index in [0.29, 0.717) is 12.6 Å². The SMILES string of the molecule is CCCC(CCNC(=O)OC(C)(C)C)N/C=C(/C)C=NC. The Kier molecular flexibility index (Phi) is 9.50. The number of carbonyl (C=O) groups is 1. The monoisotopic (exact) mass is 297 g/mol. The van der Waals surface area contributed by atoms with Crippen LogP contribution in [0.4, 0.5) is 4.79 Å². The van der Waals surface area contributed by atoms with E-state index < -0.39 is 5.60 Å². The molecule has 2 N–H and O–H groups in total. The predicted molar refractivity (Wildman–Crippen MR) is 88.9 cm³/mol. The van der Waals surface area contributed by atoms with Gasteiger partial charge in [0.05, 0.1) is 0 Å². The summed E-state index contributed by atoms with van der Waals surface area (Å²) in [6.45, 7) is 10.3. The summed E-state index contributed by atoms with van der Waals surface area (Å²) in [6.07, 6.45) is 6.44. The standard InChI is InChI=1S/C16H31N3O2/c1-7-8-14(19-12-13(2)11-17-6)9-10-18-15(20)21-16(3,4)5/h11-12,14,19H,7-10H2,1-6H3,(H,18,20)/b13-12-,17-11?. The maximum Gasteiger partial charge on any atom is 0.407 e. The Labute approximate surface area is 129 Å². The van der Waals surface area contributed by atoms with Gasteiger partial charge < -0.3 is 15.4 Å². The molecule has 0 heterocycles. The summed E-state index contributed by atoms with van der Waals surface area (Å²) in [4.78, 5) is 15.5. The highest BCUT2D eigenvalue weighted by Crippen LogP contribution is 2.07. The van der Waals surface area contributed by atoms with Crippen LogP contribution in [0.5, 0.6) is 0 Å². The molecule has 1 amide bonds. The Hall–Kier alpha value is -1.52. The van der Waals surface area contributed by atoms with E-state index in [9.17, 15) is 4.79 Å². The van der Waals surface area contributed by atoms with Crippen molar-refractivity contribution in [1.29, 1.82) is 0 Å². The summed E-state index contributed by atoms with van der Waals surface area (Å²) >= 11 is 0. The first-order valence-corrected chi connectivity index (χ1v) is 7.60. The number of aliphatic imine (C=N–C) groups is 1. The van der Waals surface area contributed by atoms with Gasteiger partial charge in [-0.3, -0.25) is 4.99 Å². The van der Waals surface area contributed by atoms with Crippen molar-refractivity contribution >= 4 is 12.3 Å². The number of amides is 1. The van der Waals surface area contributed by atoms with Gasteiger partial charge in [-0.05, 0) is 46.1 Å². The third-order valence-corrected chi connectivity index (χ3v) is 2.68. The molecule has 21 heavy (non-hydrogen) atoms. The Morgan fingerprint density at radius 2 is 2.00 bits per heavy atom. The summed E-state index contributed by atoms with van der Waals surface area (Å²) in [5.41, 5.74) is 0.628. The highest BCUT2D eigenvalue weighted by Gasteiger charge is 2.16. The van der Waals surface area contributed by atoms with Crippen LogP contribution >= 0.6 is 0 Å². The number of rotatable bonds is 8. The van der Waals surface area contributed by atoms with E-state index in [1.807, 2.05) is 40.1 Å². The normalized spacial score (nSPS) is 14.1. The second-order valence-electron chi connectivity index (χ2n) is 6.15. The molecule has 0 aromatic carbocycles. The van der Waals surface area contributed by atoms with E-state index in [-0.39, 0.29) is 6.09 Å². The molecule has 1 atom stereocenters. The van der Waals surface area contributed by atoms with Gasteiger partial charge in [0, 0.05) is 32.0 Å². The van der Waals surface area contributed by atoms with Gasteiger partial charge in [-0.25, -0.2) is 4.79 Å². The Morgan fingerprint density at radius 1 is 1.33 bits per heavy atom. The van der Waals surface area contributed by atoms with Crippen LogP contribution < -0.4 is 10.6 Å². The lowest BCUT2D eigenvalue weighted by Crippen LogP contribution is -2.35. The van der Waals surface area contributed by atoms with Crippen molar-refractivity contribution in [2.75, 3.05) is 13.6 Å². The summed E-state index contributed by atoms with van der Waals surface area (Å²) in [5, 5.41) is 6.17. The summed E-state index contributed by atoms with van der Waals surface area (Å²) in [6, 6.07) is 0.338. The highest BCUT2D eigenvalue weighted by molar-refractivity contribution is 5.77. The van der Waals surface area contributed by atoms with Crippen LogP contribution in [-0.2, 0) is 4.74 Å². The number of alkyl carbamates (subject to hydrolysis) is 1. The Balaban J connectivity index is 4.16. The fourth-order valence-corrected chi connectivity index (χ4v) is 1.81. The second kappa shape index (κ2) is 10.2. The van der Waals surface area contributed by atoms with Crippen molar-refractivity contribution < 1.29 is 9.53 Å². The van der Waals surface area contributed by atoms with Gasteiger partial charge in [0.2, 0.25) is 0 Å². The van der Waals surface area contributed by atoms with Crippen LogP contribution in [0.3, 0.4) is 0 Å². The summed E-state index contributed by atoms with van der Waals surface area (Å²) < 4.78 is 5.21. The van der Waals surface area contributed by atoms with Gasteiger partial charge in [0.1, 0.15) is 5.60 Å². The number of allylic oxidation sites excluding steroid dienone is 1. The van der Waals surface area contributed by atoms with Crippen LogP contribution in [0.2, 0.25) is 0 Å². The molecule has 0 spiro atoms. The fourth-order valence-electron chi connectivity index (χ4n) is 1.81. The molecule has 0 aliphatic heterocycles. The van der Waals surface area contributed by atoms with Gasteiger partial charge in [-0.15, -0.1) is 0 Å². The minimum atomic E-state index is -0.454. The molecule has 0 saturated carbocycles. The van der Waals surface area contributed by atoms with Crippen LogP contribution in [0.15, 0.2) is 16.8 Å². The lowest BCUT2D eigenvalue weighted by molar-refractivity contribution is 0.0526. The Bertz CT molecular complexity index is 357. The van der Waals surface area contributed by atoms with E-state index in [1.165, 1.54) is 0 Å². The molecule has 5 heteroatoms. The van der Waals surface area contributed by atoms with Gasteiger partial charge in [0.15, 0.2) is 0 Å². The molecule has 0 aromatic rings. The zero-order valence-corrected chi connectivity index (χ0v) is 14.3. The molecular weight excluding hydrogens is 266 g/mol. The highest BCUT2D eigenvalue weighted by atomic mass is 16.6. The average molecular weight is 297 g/mol. The van der Waals surface area contributed by atoms with Crippen molar-refractivity contribution in [2.24, 2.45) is 4.99 Å². The zero-order valence-electron chi connectivity index (χ0n) is 14.3. The Morgan fingerprint density at radius 3 is 2.52 bits per heavy atom. The molecule has 0 saturated heterocycles. The number of hydrogen-bond acceptors (Lipinski definition) is 4. The predicted octanol–water partition coefficient (Wildman–Crippen LogP) is 3.26. The smallest absolute Gasteiger partial charge is 0.407 e. The van der Waals surface area contributed by atoms with E-state index in [4.69, 9.17) is 4.74 Å². The number of ether oxygens (including phenoxy) is 1. The average Bonchev–Trinajstić information content (AvgIpc) is 2.34. The molecule has 0 aliphatic rings. The van der Waals surface area contributed by atoms with Crippen LogP contribution in [0, 0.1) is 0 Å². The van der Waals surface area contributed by atoms with Gasteiger partial charge in [-0.2, -0.15) is 0 Å². The van der Waals surface area contributed by atoms with Crippen molar-refractivity contribution in [3.8, 4) is 0 Å². The first-order valence-electron chi connectivity index (χ1n) is 7.60. The fraction of sp³-hybridized carbons (Fsp3) is 0.750. The maximum atomic E-state index is 11.6. The van der Waals surface area contributed by atoms with Gasteiger partial charge in [-0.1, -0.05) is 13.3 Å². The third-order valence-electron chi connectivity index (χ3n) is 2.68. The van der Waals surface area contributed by atoms with E-state index >= 15 is 0 Å². The minimum Gasteiger partial charge on any atom is -0.444 e. The molecule has 0 fully saturated rings. The second-order valence-corrected chi connectivity index (χ2v) is 6.15. The van der Waals surface area contributed by atoms with Gasteiger partial charge in [0.25, 0.3) is 0 Å². The zero-order chi connectivity index (χ0) is 16.3. The molecule has 0 aromatic heterocycles. The maximum absolute atomic E-state index is 11.6. The quantitative estimate of drug-likeness (QED) is 0.676. The summed E-state index contributed by atoms with van der Waals surface area (Å²) in [5.74, 6) is 0. The molecule has 0 radical (unpaired) electrons.